The summed E-state index contributed by atoms with van der Waals surface area (Å²) in [7, 11) is 0. The fourth-order valence-corrected chi connectivity index (χ4v) is 4.79. The van der Waals surface area contributed by atoms with Crippen LogP contribution in [-0.2, 0) is 4.79 Å². The number of aromatic nitrogens is 2. The van der Waals surface area contributed by atoms with E-state index < -0.39 is 0 Å². The molecule has 0 radical (unpaired) electrons. The van der Waals surface area contributed by atoms with E-state index in [-0.39, 0.29) is 11.7 Å². The van der Waals surface area contributed by atoms with Crippen molar-refractivity contribution in [2.45, 2.75) is 34.9 Å². The second-order valence-corrected chi connectivity index (χ2v) is 8.35. The molecule has 23 heavy (non-hydrogen) atoms. The SMILES string of the molecule is CCCCSc1nnc(SCCC(=O)Nc2ccc(F)cc2)s1. The molecule has 0 saturated carbocycles. The molecule has 0 aliphatic carbocycles. The lowest BCUT2D eigenvalue weighted by atomic mass is 10.3. The molecule has 0 aliphatic rings. The van der Waals surface area contributed by atoms with E-state index in [1.807, 2.05) is 0 Å². The van der Waals surface area contributed by atoms with Crippen LogP contribution in [0.4, 0.5) is 10.1 Å². The van der Waals surface area contributed by atoms with Gasteiger partial charge in [-0.15, -0.1) is 10.2 Å². The molecule has 1 aromatic heterocycles. The number of thioether (sulfide) groups is 2. The number of anilines is 1. The van der Waals surface area contributed by atoms with Crippen molar-refractivity contribution in [2.24, 2.45) is 0 Å². The zero-order valence-corrected chi connectivity index (χ0v) is 15.2. The Morgan fingerprint density at radius 2 is 1.83 bits per heavy atom. The minimum atomic E-state index is -0.317. The van der Waals surface area contributed by atoms with Gasteiger partial charge >= 0.3 is 0 Å². The third-order valence-corrected chi connectivity index (χ3v) is 6.07. The highest BCUT2D eigenvalue weighted by molar-refractivity contribution is 8.03. The van der Waals surface area contributed by atoms with Crippen molar-refractivity contribution in [1.29, 1.82) is 0 Å². The molecule has 0 atom stereocenters. The Labute approximate surface area is 147 Å². The first-order valence-corrected chi connectivity index (χ1v) is 10.1. The van der Waals surface area contributed by atoms with Crippen LogP contribution in [0.3, 0.4) is 0 Å². The van der Waals surface area contributed by atoms with E-state index in [9.17, 15) is 9.18 Å². The number of hydrogen-bond donors (Lipinski definition) is 1. The molecular formula is C15H18FN3OS3. The van der Waals surface area contributed by atoms with E-state index in [4.69, 9.17) is 0 Å². The number of hydrogen-bond acceptors (Lipinski definition) is 6. The lowest BCUT2D eigenvalue weighted by molar-refractivity contribution is -0.115. The minimum absolute atomic E-state index is 0.0915. The van der Waals surface area contributed by atoms with Crippen molar-refractivity contribution >= 4 is 46.5 Å². The molecule has 4 nitrogen and oxygen atoms in total. The summed E-state index contributed by atoms with van der Waals surface area (Å²) in [4.78, 5) is 11.8. The largest absolute Gasteiger partial charge is 0.326 e. The van der Waals surface area contributed by atoms with Crippen molar-refractivity contribution in [1.82, 2.24) is 10.2 Å². The Morgan fingerprint density at radius 3 is 2.48 bits per heavy atom. The summed E-state index contributed by atoms with van der Waals surface area (Å²) < 4.78 is 14.7. The van der Waals surface area contributed by atoms with Gasteiger partial charge in [0, 0.05) is 23.6 Å². The van der Waals surface area contributed by atoms with Gasteiger partial charge in [0.25, 0.3) is 0 Å². The molecule has 0 spiro atoms. The van der Waals surface area contributed by atoms with E-state index >= 15 is 0 Å². The Hall–Kier alpha value is -1.12. The third kappa shape index (κ3) is 6.88. The topological polar surface area (TPSA) is 54.9 Å². The highest BCUT2D eigenvalue weighted by atomic mass is 32.2. The zero-order chi connectivity index (χ0) is 16.5. The summed E-state index contributed by atoms with van der Waals surface area (Å²) >= 11 is 4.83. The first-order valence-electron chi connectivity index (χ1n) is 7.32. The van der Waals surface area contributed by atoms with Crippen molar-refractivity contribution in [3.8, 4) is 0 Å². The predicted octanol–water partition coefficient (Wildman–Crippen LogP) is 4.69. The molecule has 1 heterocycles. The third-order valence-electron chi connectivity index (χ3n) is 2.79. The lowest BCUT2D eigenvalue weighted by Gasteiger charge is -2.04. The number of benzene rings is 1. The maximum atomic E-state index is 12.8. The van der Waals surface area contributed by atoms with Crippen LogP contribution in [0.1, 0.15) is 26.2 Å². The molecule has 0 aliphatic heterocycles. The molecule has 0 bridgehead atoms. The normalized spacial score (nSPS) is 10.7. The van der Waals surface area contributed by atoms with E-state index in [0.717, 1.165) is 14.4 Å². The van der Waals surface area contributed by atoms with Gasteiger partial charge in [-0.05, 0) is 30.7 Å². The molecular weight excluding hydrogens is 353 g/mol. The number of carbonyl (C=O) groups is 1. The second kappa shape index (κ2) is 9.89. The van der Waals surface area contributed by atoms with Gasteiger partial charge in [-0.3, -0.25) is 4.79 Å². The smallest absolute Gasteiger partial charge is 0.225 e. The molecule has 0 saturated heterocycles. The van der Waals surface area contributed by atoms with Gasteiger partial charge in [0.1, 0.15) is 5.82 Å². The highest BCUT2D eigenvalue weighted by Crippen LogP contribution is 2.29. The van der Waals surface area contributed by atoms with Crippen molar-refractivity contribution in [3.63, 3.8) is 0 Å². The van der Waals surface area contributed by atoms with Gasteiger partial charge in [0.2, 0.25) is 5.91 Å². The number of unbranched alkanes of at least 4 members (excludes halogenated alkanes) is 1. The monoisotopic (exact) mass is 371 g/mol. The first-order chi connectivity index (χ1) is 11.2. The maximum absolute atomic E-state index is 12.8. The number of amides is 1. The van der Waals surface area contributed by atoms with Crippen LogP contribution < -0.4 is 5.32 Å². The molecule has 1 aromatic carbocycles. The van der Waals surface area contributed by atoms with Gasteiger partial charge in [-0.2, -0.15) is 0 Å². The van der Waals surface area contributed by atoms with E-state index in [2.05, 4.69) is 22.4 Å². The Balaban J connectivity index is 1.68. The first kappa shape index (κ1) is 18.2. The second-order valence-electron chi connectivity index (χ2n) is 4.69. The van der Waals surface area contributed by atoms with E-state index in [0.29, 0.717) is 17.9 Å². The molecule has 1 N–H and O–H groups in total. The summed E-state index contributed by atoms with van der Waals surface area (Å²) in [5, 5.41) is 11.0. The average Bonchev–Trinajstić information content (AvgIpc) is 2.98. The standard InChI is InChI=1S/C15H18FN3OS3/c1-2-3-9-21-14-18-19-15(23-14)22-10-8-13(20)17-12-6-4-11(16)5-7-12/h4-7H,2-3,8-10H2,1H3,(H,17,20). The summed E-state index contributed by atoms with van der Waals surface area (Å²) in [6.07, 6.45) is 2.73. The Kier molecular flexibility index (Phi) is 7.84. The molecule has 1 amide bonds. The summed E-state index contributed by atoms with van der Waals surface area (Å²) in [5.41, 5.74) is 0.604. The number of carbonyl (C=O) groups excluding carboxylic acids is 1. The van der Waals surface area contributed by atoms with Crippen molar-refractivity contribution in [2.75, 3.05) is 16.8 Å². The van der Waals surface area contributed by atoms with Crippen LogP contribution in [0.2, 0.25) is 0 Å². The fourth-order valence-electron chi connectivity index (χ4n) is 1.61. The number of rotatable bonds is 9. The molecule has 2 aromatic rings. The van der Waals surface area contributed by atoms with Crippen molar-refractivity contribution < 1.29 is 9.18 Å². The summed E-state index contributed by atoms with van der Waals surface area (Å²) in [6, 6.07) is 5.74. The quantitative estimate of drug-likeness (QED) is 0.512. The number of nitrogens with zero attached hydrogens (tertiary/aromatic N) is 2. The lowest BCUT2D eigenvalue weighted by Crippen LogP contribution is -2.12. The maximum Gasteiger partial charge on any atom is 0.225 e. The molecule has 0 fully saturated rings. The van der Waals surface area contributed by atoms with E-state index in [1.54, 1.807) is 35.2 Å². The van der Waals surface area contributed by atoms with Crippen LogP contribution in [0.5, 0.6) is 0 Å². The zero-order valence-electron chi connectivity index (χ0n) is 12.8. The predicted molar refractivity (Wildman–Crippen MR) is 95.9 cm³/mol. The molecule has 2 rings (SSSR count). The van der Waals surface area contributed by atoms with Crippen molar-refractivity contribution in [3.05, 3.63) is 30.1 Å². The average molecular weight is 372 g/mol. The number of halogens is 1. The van der Waals surface area contributed by atoms with Gasteiger partial charge in [-0.1, -0.05) is 48.2 Å². The number of nitrogens with one attached hydrogen (secondary N) is 1. The van der Waals surface area contributed by atoms with Crippen LogP contribution >= 0.6 is 34.9 Å². The fraction of sp³-hybridized carbons (Fsp3) is 0.400. The van der Waals surface area contributed by atoms with Gasteiger partial charge in [0.05, 0.1) is 0 Å². The summed E-state index contributed by atoms with van der Waals surface area (Å²) in [5.74, 6) is 1.30. The Morgan fingerprint density at radius 1 is 1.17 bits per heavy atom. The van der Waals surface area contributed by atoms with Crippen LogP contribution in [0.15, 0.2) is 32.9 Å². The minimum Gasteiger partial charge on any atom is -0.326 e. The summed E-state index contributed by atoms with van der Waals surface area (Å²) in [6.45, 7) is 2.17. The highest BCUT2D eigenvalue weighted by Gasteiger charge is 2.07. The molecule has 0 unspecified atom stereocenters. The van der Waals surface area contributed by atoms with Crippen LogP contribution in [-0.4, -0.2) is 27.6 Å². The van der Waals surface area contributed by atoms with Gasteiger partial charge < -0.3 is 5.32 Å². The Bertz CT molecular complexity index is 619. The molecule has 8 heteroatoms. The van der Waals surface area contributed by atoms with Gasteiger partial charge in [-0.25, -0.2) is 4.39 Å². The molecule has 124 valence electrons. The van der Waals surface area contributed by atoms with Gasteiger partial charge in [0.15, 0.2) is 8.68 Å². The van der Waals surface area contributed by atoms with Crippen LogP contribution in [0, 0.1) is 5.82 Å². The van der Waals surface area contributed by atoms with Crippen LogP contribution in [0.25, 0.3) is 0 Å². The van der Waals surface area contributed by atoms with E-state index in [1.165, 1.54) is 36.7 Å².